The molecular formula is C15H23N3. The zero-order valence-corrected chi connectivity index (χ0v) is 11.4. The summed E-state index contributed by atoms with van der Waals surface area (Å²) in [7, 11) is 2.24. The van der Waals surface area contributed by atoms with Gasteiger partial charge < -0.3 is 10.2 Å². The first-order valence-corrected chi connectivity index (χ1v) is 7.16. The Balaban J connectivity index is 1.93. The van der Waals surface area contributed by atoms with Gasteiger partial charge in [-0.15, -0.1) is 0 Å². The van der Waals surface area contributed by atoms with E-state index in [4.69, 9.17) is 4.98 Å². The minimum absolute atomic E-state index is 0.641. The second kappa shape index (κ2) is 4.88. The molecule has 1 N–H and O–H groups in total. The van der Waals surface area contributed by atoms with Crippen molar-refractivity contribution >= 4 is 5.69 Å². The summed E-state index contributed by atoms with van der Waals surface area (Å²) in [5.41, 5.74) is 4.13. The fourth-order valence-electron chi connectivity index (χ4n) is 3.07. The van der Waals surface area contributed by atoms with Gasteiger partial charge in [0.25, 0.3) is 0 Å². The Morgan fingerprint density at radius 1 is 1.22 bits per heavy atom. The number of anilines is 1. The zero-order chi connectivity index (χ0) is 12.5. The van der Waals surface area contributed by atoms with Crippen LogP contribution in [0, 0.1) is 6.92 Å². The lowest BCUT2D eigenvalue weighted by Gasteiger charge is -2.29. The number of piperidine rings is 1. The molecule has 18 heavy (non-hydrogen) atoms. The summed E-state index contributed by atoms with van der Waals surface area (Å²) >= 11 is 0. The molecule has 3 nitrogen and oxygen atoms in total. The normalized spacial score (nSPS) is 21.0. The van der Waals surface area contributed by atoms with Crippen molar-refractivity contribution in [2.45, 2.75) is 44.6 Å². The molecule has 3 rings (SSSR count). The zero-order valence-electron chi connectivity index (χ0n) is 11.4. The molecule has 3 heteroatoms. The highest BCUT2D eigenvalue weighted by Crippen LogP contribution is 2.38. The van der Waals surface area contributed by atoms with Crippen LogP contribution in [0.1, 0.15) is 42.9 Å². The molecule has 0 amide bonds. The lowest BCUT2D eigenvalue weighted by atomic mass is 9.91. The number of nitrogens with zero attached hydrogens (tertiary/aromatic N) is 2. The smallest absolute Gasteiger partial charge is 0.0671 e. The van der Waals surface area contributed by atoms with Gasteiger partial charge in [0.15, 0.2) is 0 Å². The van der Waals surface area contributed by atoms with Crippen LogP contribution < -0.4 is 10.2 Å². The van der Waals surface area contributed by atoms with Crippen molar-refractivity contribution in [2.75, 3.05) is 25.0 Å². The molecule has 1 saturated carbocycles. The predicted molar refractivity (Wildman–Crippen MR) is 75.2 cm³/mol. The number of rotatable bonds is 3. The third kappa shape index (κ3) is 2.24. The molecule has 0 aromatic carbocycles. The first kappa shape index (κ1) is 12.0. The first-order valence-electron chi connectivity index (χ1n) is 7.16. The highest BCUT2D eigenvalue weighted by molar-refractivity contribution is 5.58. The molecule has 1 aliphatic carbocycles. The minimum atomic E-state index is 0.641. The average Bonchev–Trinajstić information content (AvgIpc) is 3.23. The van der Waals surface area contributed by atoms with Crippen molar-refractivity contribution in [1.82, 2.24) is 10.3 Å². The summed E-state index contributed by atoms with van der Waals surface area (Å²) in [4.78, 5) is 7.20. The fourth-order valence-corrected chi connectivity index (χ4v) is 3.07. The highest BCUT2D eigenvalue weighted by Gasteiger charge is 2.30. The van der Waals surface area contributed by atoms with Gasteiger partial charge in [0.1, 0.15) is 0 Å². The second-order valence-electron chi connectivity index (χ2n) is 5.73. The summed E-state index contributed by atoms with van der Waals surface area (Å²) in [6, 6.07) is 2.91. The van der Waals surface area contributed by atoms with E-state index >= 15 is 0 Å². The van der Waals surface area contributed by atoms with Gasteiger partial charge in [-0.1, -0.05) is 0 Å². The van der Waals surface area contributed by atoms with E-state index in [1.54, 1.807) is 0 Å². The second-order valence-corrected chi connectivity index (χ2v) is 5.73. The van der Waals surface area contributed by atoms with Crippen molar-refractivity contribution < 1.29 is 0 Å². The monoisotopic (exact) mass is 245 g/mol. The number of hydrogen-bond acceptors (Lipinski definition) is 3. The van der Waals surface area contributed by atoms with Gasteiger partial charge in [0, 0.05) is 25.2 Å². The van der Waals surface area contributed by atoms with E-state index in [1.807, 2.05) is 6.20 Å². The average molecular weight is 245 g/mol. The quantitative estimate of drug-likeness (QED) is 0.886. The lowest BCUT2D eigenvalue weighted by Crippen LogP contribution is -2.29. The van der Waals surface area contributed by atoms with Gasteiger partial charge >= 0.3 is 0 Å². The SMILES string of the molecule is Cc1ccnc(C2CCNCC2)c1N(C)C1CC1. The van der Waals surface area contributed by atoms with Crippen LogP contribution in [0.5, 0.6) is 0 Å². The van der Waals surface area contributed by atoms with E-state index in [0.29, 0.717) is 5.92 Å². The van der Waals surface area contributed by atoms with Crippen LogP contribution in [-0.4, -0.2) is 31.2 Å². The Bertz CT molecular complexity index is 420. The third-order valence-electron chi connectivity index (χ3n) is 4.33. The van der Waals surface area contributed by atoms with Gasteiger partial charge in [-0.05, 0) is 57.3 Å². The maximum absolute atomic E-state index is 4.72. The van der Waals surface area contributed by atoms with E-state index in [1.165, 1.54) is 42.6 Å². The molecule has 2 fully saturated rings. The van der Waals surface area contributed by atoms with Crippen LogP contribution in [-0.2, 0) is 0 Å². The largest absolute Gasteiger partial charge is 0.370 e. The van der Waals surface area contributed by atoms with Crippen LogP contribution in [0.2, 0.25) is 0 Å². The molecule has 0 unspecified atom stereocenters. The van der Waals surface area contributed by atoms with Crippen molar-refractivity contribution in [1.29, 1.82) is 0 Å². The first-order chi connectivity index (χ1) is 8.77. The molecule has 0 atom stereocenters. The number of pyridine rings is 1. The molecule has 1 aliphatic heterocycles. The van der Waals surface area contributed by atoms with Crippen LogP contribution in [0.4, 0.5) is 5.69 Å². The molecule has 1 aromatic heterocycles. The van der Waals surface area contributed by atoms with Gasteiger partial charge in [0.05, 0.1) is 11.4 Å². The molecule has 0 spiro atoms. The molecule has 2 heterocycles. The van der Waals surface area contributed by atoms with Gasteiger partial charge in [0.2, 0.25) is 0 Å². The molecule has 0 radical (unpaired) electrons. The van der Waals surface area contributed by atoms with E-state index < -0.39 is 0 Å². The van der Waals surface area contributed by atoms with E-state index in [-0.39, 0.29) is 0 Å². The summed E-state index contributed by atoms with van der Waals surface area (Å²) in [6.07, 6.45) is 7.12. The summed E-state index contributed by atoms with van der Waals surface area (Å²) in [6.45, 7) is 4.49. The number of hydrogen-bond donors (Lipinski definition) is 1. The Kier molecular flexibility index (Phi) is 3.25. The Hall–Kier alpha value is -1.09. The van der Waals surface area contributed by atoms with Crippen molar-refractivity contribution in [3.8, 4) is 0 Å². The third-order valence-corrected chi connectivity index (χ3v) is 4.33. The van der Waals surface area contributed by atoms with E-state index in [0.717, 1.165) is 19.1 Å². The van der Waals surface area contributed by atoms with Crippen LogP contribution in [0.3, 0.4) is 0 Å². The maximum atomic E-state index is 4.72. The van der Waals surface area contributed by atoms with Crippen molar-refractivity contribution in [3.63, 3.8) is 0 Å². The molecule has 0 bridgehead atoms. The lowest BCUT2D eigenvalue weighted by molar-refractivity contribution is 0.453. The molecule has 2 aliphatic rings. The van der Waals surface area contributed by atoms with Crippen LogP contribution >= 0.6 is 0 Å². The van der Waals surface area contributed by atoms with Crippen molar-refractivity contribution in [3.05, 3.63) is 23.5 Å². The van der Waals surface area contributed by atoms with Crippen LogP contribution in [0.25, 0.3) is 0 Å². The molecule has 1 saturated heterocycles. The Labute approximate surface area is 110 Å². The molecule has 98 valence electrons. The Morgan fingerprint density at radius 2 is 1.94 bits per heavy atom. The summed E-state index contributed by atoms with van der Waals surface area (Å²) < 4.78 is 0. The Morgan fingerprint density at radius 3 is 2.61 bits per heavy atom. The van der Waals surface area contributed by atoms with Gasteiger partial charge in [-0.25, -0.2) is 0 Å². The topological polar surface area (TPSA) is 28.2 Å². The number of aryl methyl sites for hydroxylation is 1. The standard InChI is InChI=1S/C15H23N3/c1-11-5-10-17-14(12-6-8-16-9-7-12)15(11)18(2)13-3-4-13/h5,10,12-13,16H,3-4,6-9H2,1-2H3. The van der Waals surface area contributed by atoms with E-state index in [2.05, 4.69) is 30.3 Å². The summed E-state index contributed by atoms with van der Waals surface area (Å²) in [5.74, 6) is 0.641. The van der Waals surface area contributed by atoms with Crippen LogP contribution in [0.15, 0.2) is 12.3 Å². The number of nitrogens with one attached hydrogen (secondary N) is 1. The van der Waals surface area contributed by atoms with Gasteiger partial charge in [-0.2, -0.15) is 0 Å². The van der Waals surface area contributed by atoms with Crippen molar-refractivity contribution in [2.24, 2.45) is 0 Å². The summed E-state index contributed by atoms with van der Waals surface area (Å²) in [5, 5.41) is 3.44. The minimum Gasteiger partial charge on any atom is -0.370 e. The predicted octanol–water partition coefficient (Wildman–Crippen LogP) is 2.46. The maximum Gasteiger partial charge on any atom is 0.0671 e. The molecular weight excluding hydrogens is 222 g/mol. The number of aromatic nitrogens is 1. The molecule has 1 aromatic rings. The van der Waals surface area contributed by atoms with E-state index in [9.17, 15) is 0 Å². The van der Waals surface area contributed by atoms with Gasteiger partial charge in [-0.3, -0.25) is 4.98 Å². The fraction of sp³-hybridized carbons (Fsp3) is 0.667. The highest BCUT2D eigenvalue weighted by atomic mass is 15.2.